The number of nitrogens with zero attached hydrogens (tertiary/aromatic N) is 5. The van der Waals surface area contributed by atoms with E-state index in [1.165, 1.54) is 29.6 Å². The summed E-state index contributed by atoms with van der Waals surface area (Å²) >= 11 is 2.94. The van der Waals surface area contributed by atoms with Gasteiger partial charge in [-0.25, -0.2) is 23.1 Å². The van der Waals surface area contributed by atoms with Gasteiger partial charge in [0.2, 0.25) is 0 Å². The van der Waals surface area contributed by atoms with Crippen LogP contribution in [0, 0.1) is 11.2 Å². The van der Waals surface area contributed by atoms with Gasteiger partial charge in [0.25, 0.3) is 11.8 Å². The van der Waals surface area contributed by atoms with Crippen LogP contribution in [0.3, 0.4) is 0 Å². The third kappa shape index (κ3) is 7.67. The van der Waals surface area contributed by atoms with Crippen LogP contribution in [-0.2, 0) is 6.42 Å². The van der Waals surface area contributed by atoms with Gasteiger partial charge < -0.3 is 24.6 Å². The van der Waals surface area contributed by atoms with Crippen molar-refractivity contribution in [3.8, 4) is 17.2 Å². The van der Waals surface area contributed by atoms with Crippen molar-refractivity contribution in [2.75, 3.05) is 30.4 Å². The zero-order valence-electron chi connectivity index (χ0n) is 29.0. The molecule has 0 radical (unpaired) electrons. The SMILES string of the molecule is CBr.CC.CC1NCCc2nccc(OC3CC4(C3)CN(c3ncncc3Oc3ccc(F)cc3C(=O)N(C(C)C)C3CC(F)(F)C3)C4)c21. The first kappa shape index (κ1) is 36.8. The number of pyridine rings is 1. The van der Waals surface area contributed by atoms with Gasteiger partial charge in [-0.15, -0.1) is 0 Å². The van der Waals surface area contributed by atoms with Crippen molar-refractivity contribution in [3.05, 3.63) is 65.6 Å². The predicted molar refractivity (Wildman–Crippen MR) is 187 cm³/mol. The van der Waals surface area contributed by atoms with E-state index in [9.17, 15) is 18.0 Å². The third-order valence-electron chi connectivity index (χ3n) is 9.55. The van der Waals surface area contributed by atoms with Crippen molar-refractivity contribution < 1.29 is 27.4 Å². The number of hydrogen-bond acceptors (Lipinski definition) is 8. The fraction of sp³-hybridized carbons (Fsp3) is 0.556. The number of carbonyl (C=O) groups excluding carboxylic acids is 1. The lowest BCUT2D eigenvalue weighted by Gasteiger charge is -2.59. The third-order valence-corrected chi connectivity index (χ3v) is 9.55. The standard InChI is InChI=1S/C33H37F3N6O3.C2H6.CH3Br/c1-19(2)42(22-11-33(35,36)12-22)31(43)24-10-21(34)4-5-26(24)45-28-15-37-18-40-30(28)41-16-32(17-41)13-23(14-32)44-27-7-9-39-25-6-8-38-20(3)29(25)27;2*1-2/h4-5,7,9-10,15,18-20,22-23,38H,6,8,11-14,16-17H2,1-3H3;1-2H3;1H3. The van der Waals surface area contributed by atoms with Crippen LogP contribution >= 0.6 is 15.9 Å². The molecule has 7 rings (SSSR count). The summed E-state index contributed by atoms with van der Waals surface area (Å²) in [7, 11) is 0. The van der Waals surface area contributed by atoms with E-state index in [4.69, 9.17) is 9.47 Å². The van der Waals surface area contributed by atoms with Crippen LogP contribution in [0.25, 0.3) is 0 Å². The van der Waals surface area contributed by atoms with Gasteiger partial charge >= 0.3 is 0 Å². The van der Waals surface area contributed by atoms with Gasteiger partial charge in [0.15, 0.2) is 11.6 Å². The Morgan fingerprint density at radius 3 is 2.45 bits per heavy atom. The Kier molecular flexibility index (Phi) is 11.4. The predicted octanol–water partition coefficient (Wildman–Crippen LogP) is 7.74. The number of anilines is 1. The number of hydrogen-bond donors (Lipinski definition) is 1. The number of rotatable bonds is 8. The Balaban J connectivity index is 0.00000113. The topological polar surface area (TPSA) is 92.7 Å². The molecule has 3 aromatic rings. The molecule has 2 aliphatic carbocycles. The molecule has 1 spiro atoms. The van der Waals surface area contributed by atoms with E-state index in [-0.39, 0.29) is 34.9 Å². The number of benzene rings is 1. The molecule has 4 aliphatic rings. The van der Waals surface area contributed by atoms with Crippen LogP contribution in [0.1, 0.15) is 88.0 Å². The Hall–Kier alpha value is -3.45. The molecule has 0 bridgehead atoms. The van der Waals surface area contributed by atoms with Crippen molar-refractivity contribution >= 4 is 27.7 Å². The summed E-state index contributed by atoms with van der Waals surface area (Å²) in [4.78, 5) is 30.3. The average molecular weight is 748 g/mol. The number of fused-ring (bicyclic) bond motifs is 1. The first-order valence-corrected chi connectivity index (χ1v) is 18.6. The maximum atomic E-state index is 14.4. The smallest absolute Gasteiger partial charge is 0.258 e. The van der Waals surface area contributed by atoms with Crippen molar-refractivity contribution in [1.29, 1.82) is 0 Å². The summed E-state index contributed by atoms with van der Waals surface area (Å²) in [6, 6.07) is 4.86. The fourth-order valence-corrected chi connectivity index (χ4v) is 7.40. The van der Waals surface area contributed by atoms with Gasteiger partial charge in [0.1, 0.15) is 29.7 Å². The lowest BCUT2D eigenvalue weighted by Crippen LogP contribution is -2.65. The Morgan fingerprint density at radius 2 is 1.78 bits per heavy atom. The van der Waals surface area contributed by atoms with Crippen molar-refractivity contribution in [2.24, 2.45) is 5.41 Å². The van der Waals surface area contributed by atoms with Gasteiger partial charge in [0, 0.05) is 74.2 Å². The van der Waals surface area contributed by atoms with E-state index in [0.29, 0.717) is 11.6 Å². The normalized spacial score (nSPS) is 20.3. The molecule has 1 aromatic carbocycles. The Morgan fingerprint density at radius 1 is 1.06 bits per heavy atom. The summed E-state index contributed by atoms with van der Waals surface area (Å²) in [5, 5.41) is 3.49. The largest absolute Gasteiger partial charge is 0.490 e. The first-order valence-electron chi connectivity index (χ1n) is 17.0. The molecule has 2 aromatic heterocycles. The quantitative estimate of drug-likeness (QED) is 0.234. The maximum Gasteiger partial charge on any atom is 0.258 e. The van der Waals surface area contributed by atoms with E-state index < -0.39 is 36.5 Å². The molecule has 266 valence electrons. The monoisotopic (exact) mass is 746 g/mol. The van der Waals surface area contributed by atoms with Crippen LogP contribution in [0.2, 0.25) is 0 Å². The van der Waals surface area contributed by atoms with Gasteiger partial charge in [-0.05, 0) is 63.7 Å². The highest BCUT2D eigenvalue weighted by Crippen LogP contribution is 2.52. The highest BCUT2D eigenvalue weighted by Gasteiger charge is 2.54. The number of amides is 1. The van der Waals surface area contributed by atoms with Gasteiger partial charge in [-0.1, -0.05) is 29.8 Å². The number of aromatic nitrogens is 3. The lowest BCUT2D eigenvalue weighted by atomic mass is 9.61. The maximum absolute atomic E-state index is 14.4. The summed E-state index contributed by atoms with van der Waals surface area (Å²) < 4.78 is 54.4. The molecule has 2 aliphatic heterocycles. The molecular weight excluding hydrogens is 701 g/mol. The van der Waals surface area contributed by atoms with Crippen LogP contribution in [-0.4, -0.2) is 75.3 Å². The minimum atomic E-state index is -2.80. The van der Waals surface area contributed by atoms with Crippen LogP contribution < -0.4 is 19.7 Å². The molecular formula is C36H46BrF3N6O3. The van der Waals surface area contributed by atoms with E-state index in [1.54, 1.807) is 13.8 Å². The number of carbonyl (C=O) groups is 1. The molecule has 4 heterocycles. The number of ether oxygens (including phenoxy) is 2. The molecule has 49 heavy (non-hydrogen) atoms. The molecule has 3 fully saturated rings. The minimum absolute atomic E-state index is 0.0319. The second-order valence-corrected chi connectivity index (χ2v) is 13.3. The minimum Gasteiger partial charge on any atom is -0.490 e. The number of halogens is 4. The first-order chi connectivity index (χ1) is 23.5. The van der Waals surface area contributed by atoms with Crippen LogP contribution in [0.15, 0.2) is 43.0 Å². The van der Waals surface area contributed by atoms with Gasteiger partial charge in [-0.2, -0.15) is 0 Å². The average Bonchev–Trinajstić information content (AvgIpc) is 3.04. The van der Waals surface area contributed by atoms with Crippen LogP contribution in [0.4, 0.5) is 19.0 Å². The summed E-state index contributed by atoms with van der Waals surface area (Å²) in [6.45, 7) is 12.1. The van der Waals surface area contributed by atoms with Gasteiger partial charge in [0.05, 0.1) is 17.5 Å². The second kappa shape index (κ2) is 15.2. The van der Waals surface area contributed by atoms with E-state index in [0.717, 1.165) is 62.0 Å². The fourth-order valence-electron chi connectivity index (χ4n) is 7.40. The van der Waals surface area contributed by atoms with E-state index >= 15 is 0 Å². The van der Waals surface area contributed by atoms with Crippen molar-refractivity contribution in [1.82, 2.24) is 25.2 Å². The molecule has 1 atom stereocenters. The highest BCUT2D eigenvalue weighted by atomic mass is 79.9. The number of nitrogens with one attached hydrogen (secondary N) is 1. The molecule has 13 heteroatoms. The molecule has 9 nitrogen and oxygen atoms in total. The Labute approximate surface area is 295 Å². The lowest BCUT2D eigenvalue weighted by molar-refractivity contribution is -0.120. The van der Waals surface area contributed by atoms with E-state index in [1.807, 2.05) is 31.9 Å². The number of alkyl halides is 3. The molecule has 2 saturated carbocycles. The molecule has 1 amide bonds. The zero-order valence-corrected chi connectivity index (χ0v) is 30.6. The van der Waals surface area contributed by atoms with E-state index in [2.05, 4.69) is 48.0 Å². The summed E-state index contributed by atoms with van der Waals surface area (Å²) in [6.07, 6.45) is 6.83. The van der Waals surface area contributed by atoms with Crippen molar-refractivity contribution in [2.45, 2.75) is 96.9 Å². The highest BCUT2D eigenvalue weighted by molar-refractivity contribution is 9.08. The molecule has 1 unspecified atom stereocenters. The Bertz CT molecular complexity index is 1610. The molecule has 1 saturated heterocycles. The van der Waals surface area contributed by atoms with Gasteiger partial charge in [-0.3, -0.25) is 9.78 Å². The van der Waals surface area contributed by atoms with Crippen LogP contribution in [0.5, 0.6) is 17.2 Å². The second-order valence-electron chi connectivity index (χ2n) is 13.3. The zero-order chi connectivity index (χ0) is 35.5. The summed E-state index contributed by atoms with van der Waals surface area (Å²) in [5.74, 6) is -0.232. The molecule has 1 N–H and O–H groups in total. The van der Waals surface area contributed by atoms with Crippen molar-refractivity contribution in [3.63, 3.8) is 0 Å². The summed E-state index contributed by atoms with van der Waals surface area (Å²) in [5.41, 5.74) is 2.34.